The molecule has 444 valence electrons. The molecule has 0 saturated heterocycles. The third kappa shape index (κ3) is 63.7. The third-order valence-electron chi connectivity index (χ3n) is 13.0. The molecule has 1 unspecified atom stereocenters. The van der Waals surface area contributed by atoms with Gasteiger partial charge < -0.3 is 14.2 Å². The van der Waals surface area contributed by atoms with Crippen LogP contribution in [0.1, 0.15) is 265 Å². The second-order valence-electron chi connectivity index (χ2n) is 20.5. The van der Waals surface area contributed by atoms with E-state index in [1.807, 2.05) is 12.2 Å². The van der Waals surface area contributed by atoms with Gasteiger partial charge in [0, 0.05) is 19.3 Å². The fourth-order valence-electron chi connectivity index (χ4n) is 8.29. The van der Waals surface area contributed by atoms with Crippen molar-refractivity contribution in [1.29, 1.82) is 0 Å². The van der Waals surface area contributed by atoms with E-state index in [0.717, 1.165) is 135 Å². The fourth-order valence-corrected chi connectivity index (χ4v) is 8.29. The Labute approximate surface area is 486 Å². The standard InChI is InChI=1S/C73H116O6/c1-4-7-10-13-16-19-22-25-27-29-31-33-34-35-36-37-38-40-41-43-45-48-51-54-57-60-63-66-72(75)78-69-70(68-77-71(74)65-62-59-56-53-50-47-24-21-18-15-12-9-6-3)79-73(76)67-64-61-58-55-52-49-46-44-42-39-32-30-28-26-23-20-17-14-11-8-5-2/h7,9-10,12,16,18-19,21,23,25-27,30-33,35-36,38,40,42,44,47,50,56,59,70H,4-6,8,11,13-15,17,20,22,24,28-29,34,37,39,41,43,45-46,48-49,51-55,57-58,60-69H2,1-3H3/b10-7-,12-9-,19-16-,21-18-,26-23-,27-25-,32-30-,33-31-,36-35-,40-38-,44-42-,50-47-,59-56-. The summed E-state index contributed by atoms with van der Waals surface area (Å²) >= 11 is 0. The molecule has 0 aliphatic heterocycles. The van der Waals surface area contributed by atoms with Crippen LogP contribution in [0.15, 0.2) is 158 Å². The second kappa shape index (κ2) is 65.5. The fraction of sp³-hybridized carbons (Fsp3) is 0.603. The van der Waals surface area contributed by atoms with Crippen molar-refractivity contribution in [2.75, 3.05) is 13.2 Å². The number of rotatable bonds is 56. The smallest absolute Gasteiger partial charge is 0.306 e. The SMILES string of the molecule is CC/C=C\C/C=C\C/C=C\C/C=C\C/C=C\C/C=C\CCCCCCCCCCC(=O)OCC(COC(=O)CC/C=C\C/C=C\C/C=C\C/C=C\CC)OC(=O)CCCCCCCC/C=C\C/C=C\C/C=C\CCCCCCC. The minimum Gasteiger partial charge on any atom is -0.462 e. The number of hydrogen-bond acceptors (Lipinski definition) is 6. The van der Waals surface area contributed by atoms with E-state index in [1.54, 1.807) is 0 Å². The summed E-state index contributed by atoms with van der Waals surface area (Å²) in [6.07, 6.45) is 95.5. The lowest BCUT2D eigenvalue weighted by atomic mass is 10.1. The van der Waals surface area contributed by atoms with Crippen molar-refractivity contribution in [2.45, 2.75) is 271 Å². The predicted molar refractivity (Wildman–Crippen MR) is 343 cm³/mol. The van der Waals surface area contributed by atoms with E-state index in [0.29, 0.717) is 19.3 Å². The van der Waals surface area contributed by atoms with Gasteiger partial charge in [-0.2, -0.15) is 0 Å². The highest BCUT2D eigenvalue weighted by Gasteiger charge is 2.19. The number of allylic oxidation sites excluding steroid dienone is 26. The van der Waals surface area contributed by atoms with E-state index < -0.39 is 6.10 Å². The van der Waals surface area contributed by atoms with Crippen molar-refractivity contribution in [2.24, 2.45) is 0 Å². The van der Waals surface area contributed by atoms with E-state index in [4.69, 9.17) is 14.2 Å². The summed E-state index contributed by atoms with van der Waals surface area (Å²) in [7, 11) is 0. The van der Waals surface area contributed by atoms with Gasteiger partial charge in [-0.25, -0.2) is 0 Å². The number of ether oxygens (including phenoxy) is 3. The molecule has 0 bridgehead atoms. The zero-order valence-electron chi connectivity index (χ0n) is 50.8. The van der Waals surface area contributed by atoms with Crippen LogP contribution in [0.3, 0.4) is 0 Å². The average molecular weight is 1090 g/mol. The maximum atomic E-state index is 12.9. The summed E-state index contributed by atoms with van der Waals surface area (Å²) in [5.41, 5.74) is 0. The highest BCUT2D eigenvalue weighted by Crippen LogP contribution is 2.14. The average Bonchev–Trinajstić information content (AvgIpc) is 3.45. The molecule has 0 fully saturated rings. The van der Waals surface area contributed by atoms with Gasteiger partial charge in [0.25, 0.3) is 0 Å². The van der Waals surface area contributed by atoms with Crippen LogP contribution in [0, 0.1) is 0 Å². The second-order valence-corrected chi connectivity index (χ2v) is 20.5. The molecular formula is C73H116O6. The van der Waals surface area contributed by atoms with E-state index >= 15 is 0 Å². The van der Waals surface area contributed by atoms with Crippen LogP contribution >= 0.6 is 0 Å². The lowest BCUT2D eigenvalue weighted by molar-refractivity contribution is -0.166. The van der Waals surface area contributed by atoms with Crippen molar-refractivity contribution in [3.63, 3.8) is 0 Å². The van der Waals surface area contributed by atoms with Gasteiger partial charge in [-0.3, -0.25) is 14.4 Å². The largest absolute Gasteiger partial charge is 0.462 e. The summed E-state index contributed by atoms with van der Waals surface area (Å²) in [5.74, 6) is -1.02. The van der Waals surface area contributed by atoms with Crippen LogP contribution in [-0.2, 0) is 28.6 Å². The lowest BCUT2D eigenvalue weighted by Crippen LogP contribution is -2.30. The van der Waals surface area contributed by atoms with E-state index in [1.165, 1.54) is 83.5 Å². The molecule has 0 aliphatic carbocycles. The van der Waals surface area contributed by atoms with Crippen LogP contribution in [0.2, 0.25) is 0 Å². The van der Waals surface area contributed by atoms with Crippen molar-refractivity contribution >= 4 is 17.9 Å². The van der Waals surface area contributed by atoms with Crippen molar-refractivity contribution in [3.8, 4) is 0 Å². The van der Waals surface area contributed by atoms with Crippen molar-refractivity contribution in [3.05, 3.63) is 158 Å². The molecule has 0 spiro atoms. The molecule has 0 N–H and O–H groups in total. The number of carbonyl (C=O) groups is 3. The topological polar surface area (TPSA) is 78.9 Å². The molecule has 6 nitrogen and oxygen atoms in total. The summed E-state index contributed by atoms with van der Waals surface area (Å²) in [6, 6.07) is 0. The van der Waals surface area contributed by atoms with Gasteiger partial charge >= 0.3 is 17.9 Å². The summed E-state index contributed by atoms with van der Waals surface area (Å²) in [4.78, 5) is 38.3. The maximum Gasteiger partial charge on any atom is 0.306 e. The molecule has 0 radical (unpaired) electrons. The molecule has 0 rings (SSSR count). The minimum atomic E-state index is -0.826. The normalized spacial score (nSPS) is 13.2. The van der Waals surface area contributed by atoms with E-state index in [9.17, 15) is 14.4 Å². The van der Waals surface area contributed by atoms with Gasteiger partial charge in [0.05, 0.1) is 0 Å². The number of unbranched alkanes of at least 4 members (excludes halogenated alkanes) is 19. The highest BCUT2D eigenvalue weighted by atomic mass is 16.6. The van der Waals surface area contributed by atoms with Crippen molar-refractivity contribution in [1.82, 2.24) is 0 Å². The summed E-state index contributed by atoms with van der Waals surface area (Å²) in [5, 5.41) is 0. The zero-order chi connectivity index (χ0) is 57.1. The molecule has 0 aromatic carbocycles. The van der Waals surface area contributed by atoms with Crippen LogP contribution in [0.25, 0.3) is 0 Å². The minimum absolute atomic E-state index is 0.116. The Morgan fingerprint density at radius 3 is 0.848 bits per heavy atom. The molecule has 0 heterocycles. The first-order chi connectivity index (χ1) is 39.0. The Morgan fingerprint density at radius 2 is 0.519 bits per heavy atom. The molecule has 0 amide bonds. The van der Waals surface area contributed by atoms with Crippen LogP contribution < -0.4 is 0 Å². The first-order valence-electron chi connectivity index (χ1n) is 32.0. The molecule has 0 aromatic heterocycles. The van der Waals surface area contributed by atoms with Gasteiger partial charge in [0.2, 0.25) is 0 Å². The third-order valence-corrected chi connectivity index (χ3v) is 13.0. The Hall–Kier alpha value is -4.97. The molecule has 0 aromatic rings. The van der Waals surface area contributed by atoms with Gasteiger partial charge in [-0.05, 0) is 135 Å². The lowest BCUT2D eigenvalue weighted by Gasteiger charge is -2.18. The summed E-state index contributed by atoms with van der Waals surface area (Å²) < 4.78 is 16.8. The Bertz CT molecular complexity index is 1780. The van der Waals surface area contributed by atoms with E-state index in [-0.39, 0.29) is 37.5 Å². The van der Waals surface area contributed by atoms with Gasteiger partial charge in [-0.15, -0.1) is 0 Å². The molecular weight excluding hydrogens is 973 g/mol. The van der Waals surface area contributed by atoms with Crippen LogP contribution in [0.5, 0.6) is 0 Å². The number of hydrogen-bond donors (Lipinski definition) is 0. The van der Waals surface area contributed by atoms with Crippen LogP contribution in [-0.4, -0.2) is 37.2 Å². The predicted octanol–water partition coefficient (Wildman–Crippen LogP) is 22.1. The number of esters is 3. The number of carbonyl (C=O) groups excluding carboxylic acids is 3. The van der Waals surface area contributed by atoms with Crippen LogP contribution in [0.4, 0.5) is 0 Å². The molecule has 6 heteroatoms. The Kier molecular flexibility index (Phi) is 61.4. The molecule has 0 saturated carbocycles. The van der Waals surface area contributed by atoms with Gasteiger partial charge in [-0.1, -0.05) is 269 Å². The molecule has 1 atom stereocenters. The molecule has 79 heavy (non-hydrogen) atoms. The Balaban J connectivity index is 4.44. The monoisotopic (exact) mass is 1090 g/mol. The Morgan fingerprint density at radius 1 is 0.266 bits per heavy atom. The first kappa shape index (κ1) is 74.0. The first-order valence-corrected chi connectivity index (χ1v) is 32.0. The van der Waals surface area contributed by atoms with E-state index in [2.05, 4.69) is 167 Å². The molecule has 0 aliphatic rings. The van der Waals surface area contributed by atoms with Gasteiger partial charge in [0.1, 0.15) is 13.2 Å². The van der Waals surface area contributed by atoms with Gasteiger partial charge in [0.15, 0.2) is 6.10 Å². The van der Waals surface area contributed by atoms with Crippen molar-refractivity contribution < 1.29 is 28.6 Å². The quantitative estimate of drug-likeness (QED) is 0.0261. The maximum absolute atomic E-state index is 12.9. The highest BCUT2D eigenvalue weighted by molar-refractivity contribution is 5.71. The zero-order valence-corrected chi connectivity index (χ0v) is 50.8. The summed E-state index contributed by atoms with van der Waals surface area (Å²) in [6.45, 7) is 6.31.